The van der Waals surface area contributed by atoms with Crippen LogP contribution < -0.4 is 4.74 Å². The molecule has 104 valence electrons. The number of para-hydroxylation sites is 1. The van der Waals surface area contributed by atoms with Gasteiger partial charge in [0.2, 0.25) is 5.75 Å². The van der Waals surface area contributed by atoms with Gasteiger partial charge in [0.05, 0.1) is 4.92 Å². The summed E-state index contributed by atoms with van der Waals surface area (Å²) < 4.78 is 5.32. The number of nitrogens with zero attached hydrogens (tertiary/aromatic N) is 2. The van der Waals surface area contributed by atoms with Gasteiger partial charge >= 0.3 is 11.7 Å². The summed E-state index contributed by atoms with van der Waals surface area (Å²) in [6.07, 6.45) is 0. The summed E-state index contributed by atoms with van der Waals surface area (Å²) in [5, 5.41) is 22.4. The zero-order chi connectivity index (χ0) is 14.7. The second kappa shape index (κ2) is 5.66. The van der Waals surface area contributed by atoms with E-state index in [1.165, 1.54) is 29.5 Å². The molecule has 0 unspecified atom stereocenters. The minimum Gasteiger partial charge on any atom is -0.479 e. The number of carboxylic acids is 1. The van der Waals surface area contributed by atoms with Gasteiger partial charge in [-0.15, -0.1) is 11.3 Å². The molecule has 1 aromatic carbocycles. The monoisotopic (exact) mass is 294 g/mol. The first-order valence-corrected chi connectivity index (χ1v) is 6.41. The third kappa shape index (κ3) is 2.91. The van der Waals surface area contributed by atoms with Crippen LogP contribution >= 0.6 is 11.3 Å². The van der Waals surface area contributed by atoms with E-state index in [9.17, 15) is 14.9 Å². The summed E-state index contributed by atoms with van der Waals surface area (Å²) in [7, 11) is 0. The molecule has 7 nitrogen and oxygen atoms in total. The lowest BCUT2D eigenvalue weighted by atomic mass is 10.2. The minimum absolute atomic E-state index is 0.0103. The topological polar surface area (TPSA) is 103 Å². The number of aromatic carboxylic acids is 1. The van der Waals surface area contributed by atoms with Gasteiger partial charge in [-0.1, -0.05) is 6.07 Å². The Morgan fingerprint density at radius 2 is 2.30 bits per heavy atom. The summed E-state index contributed by atoms with van der Waals surface area (Å²) in [4.78, 5) is 25.5. The van der Waals surface area contributed by atoms with Crippen LogP contribution in [-0.4, -0.2) is 21.0 Å². The number of nitro groups is 1. The van der Waals surface area contributed by atoms with Crippen LogP contribution in [0.1, 0.15) is 21.1 Å². The standard InChI is InChI=1S/C12H10N2O5S/c1-7-6-20-10(13-7)5-19-11-8(12(15)16)3-2-4-9(11)14(17)18/h2-4,6H,5H2,1H3,(H,15,16). The maximum atomic E-state index is 11.1. The Morgan fingerprint density at radius 1 is 1.55 bits per heavy atom. The van der Waals surface area contributed by atoms with Crippen molar-refractivity contribution in [3.05, 3.63) is 50.0 Å². The molecule has 20 heavy (non-hydrogen) atoms. The van der Waals surface area contributed by atoms with Crippen molar-refractivity contribution in [3.8, 4) is 5.75 Å². The first-order valence-electron chi connectivity index (χ1n) is 5.53. The minimum atomic E-state index is -1.28. The summed E-state index contributed by atoms with van der Waals surface area (Å²) in [5.74, 6) is -1.53. The highest BCUT2D eigenvalue weighted by atomic mass is 32.1. The molecule has 1 aromatic heterocycles. The van der Waals surface area contributed by atoms with Crippen LogP contribution in [0.5, 0.6) is 5.75 Å². The molecule has 0 aliphatic carbocycles. The number of aromatic nitrogens is 1. The van der Waals surface area contributed by atoms with Gasteiger partial charge in [-0.3, -0.25) is 10.1 Å². The molecule has 0 fully saturated rings. The van der Waals surface area contributed by atoms with E-state index >= 15 is 0 Å². The molecule has 0 aliphatic heterocycles. The van der Waals surface area contributed by atoms with E-state index in [0.29, 0.717) is 5.01 Å². The third-order valence-electron chi connectivity index (χ3n) is 2.43. The van der Waals surface area contributed by atoms with Crippen molar-refractivity contribution >= 4 is 23.0 Å². The SMILES string of the molecule is Cc1csc(COc2c(C(=O)O)cccc2[N+](=O)[O-])n1. The number of carboxylic acid groups (broad SMARTS) is 1. The summed E-state index contributed by atoms with van der Waals surface area (Å²) in [6, 6.07) is 3.77. The Kier molecular flexibility index (Phi) is 3.94. The van der Waals surface area contributed by atoms with E-state index in [-0.39, 0.29) is 23.6 Å². The zero-order valence-corrected chi connectivity index (χ0v) is 11.2. The number of hydrogen-bond acceptors (Lipinski definition) is 6. The average molecular weight is 294 g/mol. The van der Waals surface area contributed by atoms with Crippen molar-refractivity contribution in [2.45, 2.75) is 13.5 Å². The van der Waals surface area contributed by atoms with Gasteiger partial charge in [-0.2, -0.15) is 0 Å². The lowest BCUT2D eigenvalue weighted by molar-refractivity contribution is -0.386. The zero-order valence-electron chi connectivity index (χ0n) is 10.4. The lowest BCUT2D eigenvalue weighted by Gasteiger charge is -2.08. The van der Waals surface area contributed by atoms with Crippen LogP contribution in [0.25, 0.3) is 0 Å². The number of aryl methyl sites for hydroxylation is 1. The van der Waals surface area contributed by atoms with Crippen LogP contribution in [0.3, 0.4) is 0 Å². The second-order valence-electron chi connectivity index (χ2n) is 3.89. The number of benzene rings is 1. The van der Waals surface area contributed by atoms with Crippen molar-refractivity contribution < 1.29 is 19.6 Å². The number of ether oxygens (including phenoxy) is 1. The molecule has 0 radical (unpaired) electrons. The molecule has 0 aliphatic rings. The van der Waals surface area contributed by atoms with Gasteiger partial charge in [-0.05, 0) is 13.0 Å². The van der Waals surface area contributed by atoms with Gasteiger partial charge in [0.1, 0.15) is 17.2 Å². The maximum absolute atomic E-state index is 11.1. The molecule has 2 aromatic rings. The van der Waals surface area contributed by atoms with Gasteiger partial charge < -0.3 is 9.84 Å². The lowest BCUT2D eigenvalue weighted by Crippen LogP contribution is -2.06. The van der Waals surface area contributed by atoms with Crippen molar-refractivity contribution in [2.75, 3.05) is 0 Å². The van der Waals surface area contributed by atoms with E-state index in [1.54, 1.807) is 0 Å². The Hall–Kier alpha value is -2.48. The Balaban J connectivity index is 2.32. The van der Waals surface area contributed by atoms with E-state index < -0.39 is 10.9 Å². The maximum Gasteiger partial charge on any atom is 0.339 e. The molecule has 0 amide bonds. The normalized spacial score (nSPS) is 10.2. The Morgan fingerprint density at radius 3 is 2.85 bits per heavy atom. The van der Waals surface area contributed by atoms with Crippen LogP contribution in [0.4, 0.5) is 5.69 Å². The molecular weight excluding hydrogens is 284 g/mol. The summed E-state index contributed by atoms with van der Waals surface area (Å²) >= 11 is 1.34. The van der Waals surface area contributed by atoms with Crippen LogP contribution in [0, 0.1) is 17.0 Å². The number of hydrogen-bond donors (Lipinski definition) is 1. The van der Waals surface area contributed by atoms with Crippen LogP contribution in [0.15, 0.2) is 23.6 Å². The summed E-state index contributed by atoms with van der Waals surface area (Å²) in [5.41, 5.74) is 0.195. The van der Waals surface area contributed by atoms with E-state index in [0.717, 1.165) is 5.69 Å². The number of thiazole rings is 1. The van der Waals surface area contributed by atoms with E-state index in [2.05, 4.69) is 4.98 Å². The molecule has 0 bridgehead atoms. The molecule has 0 spiro atoms. The highest BCUT2D eigenvalue weighted by molar-refractivity contribution is 7.09. The fourth-order valence-electron chi connectivity index (χ4n) is 1.59. The van der Waals surface area contributed by atoms with Crippen LogP contribution in [-0.2, 0) is 6.61 Å². The molecule has 2 rings (SSSR count). The van der Waals surface area contributed by atoms with Gasteiger partial charge in [-0.25, -0.2) is 9.78 Å². The van der Waals surface area contributed by atoms with Gasteiger partial charge in [0.15, 0.2) is 0 Å². The molecule has 1 N–H and O–H groups in total. The highest BCUT2D eigenvalue weighted by Gasteiger charge is 2.23. The smallest absolute Gasteiger partial charge is 0.339 e. The molecule has 1 heterocycles. The second-order valence-corrected chi connectivity index (χ2v) is 4.83. The first-order chi connectivity index (χ1) is 9.49. The third-order valence-corrected chi connectivity index (χ3v) is 3.37. The first kappa shape index (κ1) is 13.9. The summed E-state index contributed by atoms with van der Waals surface area (Å²) in [6.45, 7) is 1.80. The van der Waals surface area contributed by atoms with Crippen molar-refractivity contribution in [2.24, 2.45) is 0 Å². The number of nitro benzene ring substituents is 1. The fourth-order valence-corrected chi connectivity index (χ4v) is 2.27. The Labute approximate surface area is 117 Å². The largest absolute Gasteiger partial charge is 0.479 e. The number of rotatable bonds is 5. The van der Waals surface area contributed by atoms with E-state index in [1.807, 2.05) is 12.3 Å². The van der Waals surface area contributed by atoms with Gasteiger partial charge in [0, 0.05) is 17.1 Å². The van der Waals surface area contributed by atoms with Gasteiger partial charge in [0.25, 0.3) is 0 Å². The predicted molar refractivity (Wildman–Crippen MR) is 71.2 cm³/mol. The van der Waals surface area contributed by atoms with Crippen LogP contribution in [0.2, 0.25) is 0 Å². The molecular formula is C12H10N2O5S. The van der Waals surface area contributed by atoms with Crippen molar-refractivity contribution in [3.63, 3.8) is 0 Å². The molecule has 0 atom stereocenters. The fraction of sp³-hybridized carbons (Fsp3) is 0.167. The number of carbonyl (C=O) groups is 1. The molecule has 0 saturated carbocycles. The highest BCUT2D eigenvalue weighted by Crippen LogP contribution is 2.31. The molecule has 0 saturated heterocycles. The Bertz CT molecular complexity index is 635. The predicted octanol–water partition coefficient (Wildman–Crippen LogP) is 2.64. The average Bonchev–Trinajstić information content (AvgIpc) is 2.81. The van der Waals surface area contributed by atoms with E-state index in [4.69, 9.17) is 9.84 Å². The van der Waals surface area contributed by atoms with Crippen molar-refractivity contribution in [1.29, 1.82) is 0 Å². The quantitative estimate of drug-likeness (QED) is 0.671. The van der Waals surface area contributed by atoms with Crippen molar-refractivity contribution in [1.82, 2.24) is 4.98 Å². The molecule has 8 heteroatoms.